The molecule has 0 fully saturated rings. The fourth-order valence-electron chi connectivity index (χ4n) is 3.07. The minimum Gasteiger partial charge on any atom is -0.380 e. The average Bonchev–Trinajstić information content (AvgIpc) is 2.68. The van der Waals surface area contributed by atoms with Crippen molar-refractivity contribution in [2.45, 2.75) is 18.9 Å². The minimum atomic E-state index is -0.209. The Balaban J connectivity index is 1.99. The molecule has 3 aromatic rings. The van der Waals surface area contributed by atoms with Gasteiger partial charge in [0.2, 0.25) is 0 Å². The van der Waals surface area contributed by atoms with E-state index in [1.807, 2.05) is 36.4 Å². The highest BCUT2D eigenvalue weighted by atomic mass is 31.0. The van der Waals surface area contributed by atoms with Gasteiger partial charge in [-0.3, -0.25) is 0 Å². The lowest BCUT2D eigenvalue weighted by atomic mass is 9.95. The van der Waals surface area contributed by atoms with Gasteiger partial charge in [0, 0.05) is 12.7 Å². The summed E-state index contributed by atoms with van der Waals surface area (Å²) in [6.07, 6.45) is 1.78. The first kappa shape index (κ1) is 19.2. The van der Waals surface area contributed by atoms with Crippen molar-refractivity contribution in [3.05, 3.63) is 83.2 Å². The summed E-state index contributed by atoms with van der Waals surface area (Å²) in [5, 5.41) is 0. The van der Waals surface area contributed by atoms with Crippen LogP contribution in [-0.4, -0.2) is 7.11 Å². The average molecular weight is 384 g/mol. The summed E-state index contributed by atoms with van der Waals surface area (Å²) in [5.74, 6) is -0.209. The summed E-state index contributed by atoms with van der Waals surface area (Å²) in [4.78, 5) is 0. The third-order valence-electron chi connectivity index (χ3n) is 4.49. The Morgan fingerprint density at radius 1 is 0.769 bits per heavy atom. The topological polar surface area (TPSA) is 9.23 Å². The van der Waals surface area contributed by atoms with Gasteiger partial charge in [-0.2, -0.15) is 0 Å². The number of benzene rings is 3. The van der Waals surface area contributed by atoms with Gasteiger partial charge in [0.25, 0.3) is 0 Å². The van der Waals surface area contributed by atoms with E-state index in [4.69, 9.17) is 4.74 Å². The van der Waals surface area contributed by atoms with Crippen LogP contribution in [0.3, 0.4) is 0 Å². The van der Waals surface area contributed by atoms with Crippen molar-refractivity contribution in [3.63, 3.8) is 0 Å². The summed E-state index contributed by atoms with van der Waals surface area (Å²) in [6, 6.07) is 19.7. The lowest BCUT2D eigenvalue weighted by molar-refractivity contribution is 0.185. The van der Waals surface area contributed by atoms with Gasteiger partial charge < -0.3 is 4.74 Å². The van der Waals surface area contributed by atoms with Gasteiger partial charge in [0.05, 0.1) is 6.61 Å². The first-order valence-corrected chi connectivity index (χ1v) is 10.2. The molecule has 3 aromatic carbocycles. The van der Waals surface area contributed by atoms with Gasteiger partial charge in [-0.05, 0) is 51.8 Å². The molecule has 0 aliphatic heterocycles. The Morgan fingerprint density at radius 2 is 1.38 bits per heavy atom. The number of halogens is 1. The monoisotopic (exact) mass is 384 g/mol. The van der Waals surface area contributed by atoms with Crippen molar-refractivity contribution in [3.8, 4) is 22.3 Å². The number of rotatable bonds is 6. The van der Waals surface area contributed by atoms with Gasteiger partial charge in [-0.1, -0.05) is 54.6 Å². The number of ether oxygens (including phenoxy) is 1. The van der Waals surface area contributed by atoms with Crippen LogP contribution in [0.25, 0.3) is 22.3 Å². The molecule has 0 spiro atoms. The minimum absolute atomic E-state index is 0.209. The van der Waals surface area contributed by atoms with Crippen molar-refractivity contribution >= 4 is 18.5 Å². The fraction of sp³-hybridized carbons (Fsp3) is 0.182. The molecule has 4 heteroatoms. The molecule has 0 radical (unpaired) electrons. The molecule has 0 saturated heterocycles. The second kappa shape index (κ2) is 8.87. The first-order chi connectivity index (χ1) is 12.7. The van der Waals surface area contributed by atoms with Crippen LogP contribution >= 0.6 is 18.5 Å². The Kier molecular flexibility index (Phi) is 6.54. The second-order valence-electron chi connectivity index (χ2n) is 6.22. The summed E-state index contributed by atoms with van der Waals surface area (Å²) in [5.41, 5.74) is 6.91. The van der Waals surface area contributed by atoms with Crippen LogP contribution in [0.2, 0.25) is 0 Å². The molecule has 0 amide bonds. The van der Waals surface area contributed by atoms with Gasteiger partial charge in [0.1, 0.15) is 5.82 Å². The standard InChI is InChI=1S/C22H23FOP2/c1-24-12-19-10-16(14-26)4-8-20(19)18-7-9-21(22(23)11-18)17-5-2-15(13-25)3-6-17/h2-11H,12-14,25-26H2,1H3. The molecule has 0 heterocycles. The molecule has 0 N–H and O–H groups in total. The quantitative estimate of drug-likeness (QED) is 0.470. The number of hydrogen-bond acceptors (Lipinski definition) is 1. The van der Waals surface area contributed by atoms with Gasteiger partial charge in [0.15, 0.2) is 0 Å². The molecular formula is C22H23FOP2. The van der Waals surface area contributed by atoms with Crippen LogP contribution in [0.5, 0.6) is 0 Å². The molecule has 26 heavy (non-hydrogen) atoms. The molecule has 0 aliphatic rings. The van der Waals surface area contributed by atoms with Crippen molar-refractivity contribution in [2.75, 3.05) is 7.11 Å². The SMILES string of the molecule is COCc1cc(CP)ccc1-c1ccc(-c2ccc(CP)cc2)c(F)c1. The van der Waals surface area contributed by atoms with E-state index in [1.165, 1.54) is 11.1 Å². The molecule has 134 valence electrons. The molecule has 2 unspecified atom stereocenters. The Labute approximate surface area is 159 Å². The Morgan fingerprint density at radius 3 is 2.00 bits per heavy atom. The lowest BCUT2D eigenvalue weighted by Crippen LogP contribution is -1.95. The van der Waals surface area contributed by atoms with Gasteiger partial charge >= 0.3 is 0 Å². The van der Waals surface area contributed by atoms with E-state index in [-0.39, 0.29) is 5.82 Å². The van der Waals surface area contributed by atoms with E-state index in [0.29, 0.717) is 12.2 Å². The molecule has 0 bridgehead atoms. The van der Waals surface area contributed by atoms with E-state index in [2.05, 4.69) is 36.7 Å². The number of hydrogen-bond donors (Lipinski definition) is 0. The maximum Gasteiger partial charge on any atom is 0.131 e. The zero-order valence-electron chi connectivity index (χ0n) is 14.8. The van der Waals surface area contributed by atoms with Crippen molar-refractivity contribution in [2.24, 2.45) is 0 Å². The lowest BCUT2D eigenvalue weighted by Gasteiger charge is -2.13. The summed E-state index contributed by atoms with van der Waals surface area (Å²) < 4.78 is 20.2. The third kappa shape index (κ3) is 4.21. The van der Waals surface area contributed by atoms with Gasteiger partial charge in [-0.25, -0.2) is 4.39 Å². The van der Waals surface area contributed by atoms with E-state index >= 15 is 0 Å². The summed E-state index contributed by atoms with van der Waals surface area (Å²) in [6.45, 7) is 0.508. The molecule has 2 atom stereocenters. The predicted octanol–water partition coefficient (Wildman–Crippen LogP) is 6.06. The Hall–Kier alpha value is -1.59. The maximum atomic E-state index is 14.8. The van der Waals surface area contributed by atoms with Crippen molar-refractivity contribution in [1.29, 1.82) is 0 Å². The van der Waals surface area contributed by atoms with Crippen LogP contribution in [0.4, 0.5) is 4.39 Å². The van der Waals surface area contributed by atoms with Crippen LogP contribution in [0, 0.1) is 5.82 Å². The normalized spacial score (nSPS) is 10.9. The first-order valence-electron chi connectivity index (χ1n) is 8.56. The molecule has 0 aliphatic carbocycles. The van der Waals surface area contributed by atoms with Gasteiger partial charge in [-0.15, -0.1) is 18.5 Å². The maximum absolute atomic E-state index is 14.8. The highest BCUT2D eigenvalue weighted by Gasteiger charge is 2.11. The van der Waals surface area contributed by atoms with Crippen LogP contribution in [0.1, 0.15) is 16.7 Å². The van der Waals surface area contributed by atoms with Crippen LogP contribution in [-0.2, 0) is 23.7 Å². The number of methoxy groups -OCH3 is 1. The highest BCUT2D eigenvalue weighted by molar-refractivity contribution is 7.15. The molecule has 3 rings (SSSR count). The zero-order chi connectivity index (χ0) is 18.5. The van der Waals surface area contributed by atoms with E-state index in [0.717, 1.165) is 34.6 Å². The smallest absolute Gasteiger partial charge is 0.131 e. The van der Waals surface area contributed by atoms with Crippen LogP contribution in [0.15, 0.2) is 60.7 Å². The predicted molar refractivity (Wildman–Crippen MR) is 115 cm³/mol. The van der Waals surface area contributed by atoms with E-state index in [9.17, 15) is 4.39 Å². The fourth-order valence-corrected chi connectivity index (χ4v) is 3.59. The summed E-state index contributed by atoms with van der Waals surface area (Å²) in [7, 11) is 7.11. The van der Waals surface area contributed by atoms with E-state index in [1.54, 1.807) is 13.2 Å². The summed E-state index contributed by atoms with van der Waals surface area (Å²) >= 11 is 0. The van der Waals surface area contributed by atoms with Crippen LogP contribution < -0.4 is 0 Å². The highest BCUT2D eigenvalue weighted by Crippen LogP contribution is 2.31. The molecule has 0 saturated carbocycles. The van der Waals surface area contributed by atoms with E-state index < -0.39 is 0 Å². The second-order valence-corrected chi connectivity index (χ2v) is 7.04. The Bertz CT molecular complexity index is 891. The van der Waals surface area contributed by atoms with Crippen molar-refractivity contribution in [1.82, 2.24) is 0 Å². The molecule has 0 aromatic heterocycles. The van der Waals surface area contributed by atoms with Crippen molar-refractivity contribution < 1.29 is 9.13 Å². The molecule has 1 nitrogen and oxygen atoms in total. The zero-order valence-corrected chi connectivity index (χ0v) is 17.1. The molecular weight excluding hydrogens is 361 g/mol. The third-order valence-corrected chi connectivity index (χ3v) is 5.43. The largest absolute Gasteiger partial charge is 0.380 e.